The van der Waals surface area contributed by atoms with E-state index in [2.05, 4.69) is 29.6 Å². The summed E-state index contributed by atoms with van der Waals surface area (Å²) in [6, 6.07) is 18.1. The molecular weight excluding hydrogens is 392 g/mol. The SMILES string of the molecule is O=C(NCc1cc(C(=O)O)c2n1CCCC2)OCC1c2ccccc2-c2ccccc21. The van der Waals surface area contributed by atoms with Gasteiger partial charge in [-0.3, -0.25) is 0 Å². The Morgan fingerprint density at radius 3 is 2.39 bits per heavy atom. The number of carboxylic acid groups (broad SMARTS) is 1. The second kappa shape index (κ2) is 7.95. The van der Waals surface area contributed by atoms with Gasteiger partial charge in [0.05, 0.1) is 12.1 Å². The number of carbonyl (C=O) groups excluding carboxylic acids is 1. The number of nitrogens with zero attached hydrogens (tertiary/aromatic N) is 1. The molecule has 1 aliphatic carbocycles. The van der Waals surface area contributed by atoms with Crippen LogP contribution in [0.2, 0.25) is 0 Å². The van der Waals surface area contributed by atoms with Crippen molar-refractivity contribution >= 4 is 12.1 Å². The zero-order valence-corrected chi connectivity index (χ0v) is 17.1. The topological polar surface area (TPSA) is 80.6 Å². The Kier molecular flexibility index (Phi) is 4.98. The molecule has 0 saturated carbocycles. The van der Waals surface area contributed by atoms with Gasteiger partial charge >= 0.3 is 12.1 Å². The number of aromatic carboxylic acids is 1. The number of nitrogens with one attached hydrogen (secondary N) is 1. The van der Waals surface area contributed by atoms with Crippen molar-refractivity contribution in [2.45, 2.75) is 38.3 Å². The van der Waals surface area contributed by atoms with Crippen molar-refractivity contribution in [1.82, 2.24) is 9.88 Å². The van der Waals surface area contributed by atoms with E-state index in [1.807, 2.05) is 28.8 Å². The van der Waals surface area contributed by atoms with E-state index in [9.17, 15) is 14.7 Å². The monoisotopic (exact) mass is 416 g/mol. The minimum atomic E-state index is -0.918. The number of hydrogen-bond donors (Lipinski definition) is 2. The largest absolute Gasteiger partial charge is 0.478 e. The molecule has 0 atom stereocenters. The Morgan fingerprint density at radius 2 is 1.71 bits per heavy atom. The van der Waals surface area contributed by atoms with Crippen molar-refractivity contribution in [2.75, 3.05) is 6.61 Å². The average Bonchev–Trinajstić information content (AvgIpc) is 3.33. The molecule has 0 spiro atoms. The number of hydrogen-bond acceptors (Lipinski definition) is 3. The molecule has 2 heterocycles. The first-order valence-corrected chi connectivity index (χ1v) is 10.7. The molecule has 0 fully saturated rings. The molecule has 2 aliphatic rings. The Hall–Kier alpha value is -3.54. The van der Waals surface area contributed by atoms with Crippen LogP contribution in [0.5, 0.6) is 0 Å². The molecule has 1 aliphatic heterocycles. The second-order valence-corrected chi connectivity index (χ2v) is 8.09. The Balaban J connectivity index is 1.26. The van der Waals surface area contributed by atoms with E-state index in [4.69, 9.17) is 4.74 Å². The molecule has 6 heteroatoms. The minimum Gasteiger partial charge on any atom is -0.478 e. The number of alkyl carbamates (subject to hydrolysis) is 1. The quantitative estimate of drug-likeness (QED) is 0.639. The van der Waals surface area contributed by atoms with Gasteiger partial charge in [-0.15, -0.1) is 0 Å². The maximum absolute atomic E-state index is 12.4. The van der Waals surface area contributed by atoms with Gasteiger partial charge in [0, 0.05) is 23.9 Å². The minimum absolute atomic E-state index is 0.0119. The van der Waals surface area contributed by atoms with E-state index < -0.39 is 12.1 Å². The van der Waals surface area contributed by atoms with Crippen LogP contribution in [0.4, 0.5) is 4.79 Å². The second-order valence-electron chi connectivity index (χ2n) is 8.09. The molecule has 0 bridgehead atoms. The number of fused-ring (bicyclic) bond motifs is 4. The van der Waals surface area contributed by atoms with Crippen LogP contribution < -0.4 is 5.32 Å². The summed E-state index contributed by atoms with van der Waals surface area (Å²) < 4.78 is 7.61. The number of benzene rings is 2. The predicted octanol–water partition coefficient (Wildman–Crippen LogP) is 4.56. The molecule has 158 valence electrons. The van der Waals surface area contributed by atoms with Crippen molar-refractivity contribution in [3.8, 4) is 11.1 Å². The van der Waals surface area contributed by atoms with Crippen LogP contribution >= 0.6 is 0 Å². The molecule has 0 saturated heterocycles. The summed E-state index contributed by atoms with van der Waals surface area (Å²) in [7, 11) is 0. The highest BCUT2D eigenvalue weighted by Gasteiger charge is 2.29. The van der Waals surface area contributed by atoms with Crippen molar-refractivity contribution in [3.63, 3.8) is 0 Å². The van der Waals surface area contributed by atoms with E-state index >= 15 is 0 Å². The van der Waals surface area contributed by atoms with Crippen LogP contribution in [0.1, 0.15) is 51.6 Å². The molecule has 1 amide bonds. The normalized spacial score (nSPS) is 14.5. The van der Waals surface area contributed by atoms with Crippen molar-refractivity contribution in [1.29, 1.82) is 0 Å². The van der Waals surface area contributed by atoms with Gasteiger partial charge in [0.25, 0.3) is 0 Å². The van der Waals surface area contributed by atoms with E-state index in [0.29, 0.717) is 5.56 Å². The van der Waals surface area contributed by atoms with Gasteiger partial charge in [0.2, 0.25) is 0 Å². The van der Waals surface area contributed by atoms with Crippen LogP contribution in [-0.4, -0.2) is 28.3 Å². The maximum Gasteiger partial charge on any atom is 0.407 e. The molecule has 0 unspecified atom stereocenters. The molecule has 2 N–H and O–H groups in total. The van der Waals surface area contributed by atoms with Gasteiger partial charge in [-0.1, -0.05) is 48.5 Å². The molecule has 31 heavy (non-hydrogen) atoms. The fraction of sp³-hybridized carbons (Fsp3) is 0.280. The van der Waals surface area contributed by atoms with Crippen LogP contribution in [-0.2, 0) is 24.2 Å². The third-order valence-corrected chi connectivity index (χ3v) is 6.33. The summed E-state index contributed by atoms with van der Waals surface area (Å²) in [6.45, 7) is 1.29. The van der Waals surface area contributed by atoms with Crippen molar-refractivity contribution < 1.29 is 19.4 Å². The molecule has 6 nitrogen and oxygen atoms in total. The van der Waals surface area contributed by atoms with Crippen LogP contribution in [0.15, 0.2) is 54.6 Å². The van der Waals surface area contributed by atoms with E-state index in [-0.39, 0.29) is 19.1 Å². The zero-order valence-electron chi connectivity index (χ0n) is 17.1. The lowest BCUT2D eigenvalue weighted by atomic mass is 9.98. The Labute approximate surface area is 180 Å². The van der Waals surface area contributed by atoms with Gasteiger partial charge in [-0.05, 0) is 47.6 Å². The van der Waals surface area contributed by atoms with E-state index in [1.165, 1.54) is 22.3 Å². The molecular formula is C25H24N2O4. The average molecular weight is 416 g/mol. The predicted molar refractivity (Wildman–Crippen MR) is 116 cm³/mol. The van der Waals surface area contributed by atoms with Crippen molar-refractivity contribution in [3.05, 3.63) is 82.7 Å². The number of rotatable bonds is 5. The van der Waals surface area contributed by atoms with Gasteiger partial charge in [0.15, 0.2) is 0 Å². The first-order valence-electron chi connectivity index (χ1n) is 10.7. The highest BCUT2D eigenvalue weighted by Crippen LogP contribution is 2.44. The van der Waals surface area contributed by atoms with Gasteiger partial charge in [0.1, 0.15) is 6.61 Å². The number of carbonyl (C=O) groups is 2. The number of aromatic nitrogens is 1. The van der Waals surface area contributed by atoms with E-state index in [1.54, 1.807) is 6.07 Å². The number of amides is 1. The lowest BCUT2D eigenvalue weighted by Crippen LogP contribution is -2.27. The molecule has 3 aromatic rings. The standard InChI is InChI=1S/C25H24N2O4/c28-24(29)21-13-16(27-12-6-5-11-23(21)27)14-26-25(30)31-15-22-19-9-3-1-7-17(19)18-8-2-4-10-20(18)22/h1-4,7-10,13,22H,5-6,11-12,14-15H2,(H,26,30)(H,28,29). The highest BCUT2D eigenvalue weighted by molar-refractivity contribution is 5.89. The first-order chi connectivity index (χ1) is 15.1. The first kappa shape index (κ1) is 19.4. The molecule has 5 rings (SSSR count). The van der Waals surface area contributed by atoms with Crippen LogP contribution in [0.25, 0.3) is 11.1 Å². The third-order valence-electron chi connectivity index (χ3n) is 6.33. The smallest absolute Gasteiger partial charge is 0.407 e. The third kappa shape index (κ3) is 3.48. The van der Waals surface area contributed by atoms with Crippen LogP contribution in [0, 0.1) is 0 Å². The molecule has 0 radical (unpaired) electrons. The molecule has 1 aromatic heterocycles. The summed E-state index contributed by atoms with van der Waals surface area (Å²) in [5, 5.41) is 12.3. The van der Waals surface area contributed by atoms with Gasteiger partial charge in [-0.25, -0.2) is 9.59 Å². The Morgan fingerprint density at radius 1 is 1.03 bits per heavy atom. The maximum atomic E-state index is 12.4. The van der Waals surface area contributed by atoms with Gasteiger partial charge < -0.3 is 19.7 Å². The number of ether oxygens (including phenoxy) is 1. The fourth-order valence-corrected chi connectivity index (χ4v) is 4.90. The van der Waals surface area contributed by atoms with Gasteiger partial charge in [-0.2, -0.15) is 0 Å². The highest BCUT2D eigenvalue weighted by atomic mass is 16.5. The summed E-state index contributed by atoms with van der Waals surface area (Å²) in [6.07, 6.45) is 2.26. The molecule has 2 aromatic carbocycles. The lowest BCUT2D eigenvalue weighted by molar-refractivity contribution is 0.0695. The Bertz CT molecular complexity index is 1120. The zero-order chi connectivity index (χ0) is 21.4. The lowest BCUT2D eigenvalue weighted by Gasteiger charge is -2.19. The summed E-state index contributed by atoms with van der Waals surface area (Å²) in [5.74, 6) is -0.907. The fourth-order valence-electron chi connectivity index (χ4n) is 4.90. The van der Waals surface area contributed by atoms with E-state index in [0.717, 1.165) is 37.2 Å². The van der Waals surface area contributed by atoms with Crippen LogP contribution in [0.3, 0.4) is 0 Å². The van der Waals surface area contributed by atoms with Crippen molar-refractivity contribution in [2.24, 2.45) is 0 Å². The number of carboxylic acids is 1. The summed E-state index contributed by atoms with van der Waals surface area (Å²) >= 11 is 0. The summed E-state index contributed by atoms with van der Waals surface area (Å²) in [5.41, 5.74) is 6.71. The summed E-state index contributed by atoms with van der Waals surface area (Å²) in [4.78, 5) is 24.0.